The van der Waals surface area contributed by atoms with Gasteiger partial charge in [-0.25, -0.2) is 0 Å². The molecule has 0 radical (unpaired) electrons. The van der Waals surface area contributed by atoms with Crippen LogP contribution in [0.4, 0.5) is 17.1 Å². The van der Waals surface area contributed by atoms with Gasteiger partial charge in [-0.15, -0.1) is 0 Å². The number of anilines is 3. The fourth-order valence-corrected chi connectivity index (χ4v) is 2.49. The molecule has 6 nitrogen and oxygen atoms in total. The number of carbonyl (C=O) groups is 2. The van der Waals surface area contributed by atoms with Crippen LogP contribution in [0.5, 0.6) is 0 Å². The van der Waals surface area contributed by atoms with Gasteiger partial charge in [0, 0.05) is 23.1 Å². The van der Waals surface area contributed by atoms with Gasteiger partial charge in [0.25, 0.3) is 5.91 Å². The van der Waals surface area contributed by atoms with E-state index in [1.807, 2.05) is 6.07 Å². The molecule has 1 amide bonds. The van der Waals surface area contributed by atoms with Gasteiger partial charge in [0.1, 0.15) is 11.8 Å². The van der Waals surface area contributed by atoms with Gasteiger partial charge >= 0.3 is 0 Å². The van der Waals surface area contributed by atoms with Gasteiger partial charge in [-0.05, 0) is 43.3 Å². The highest BCUT2D eigenvalue weighted by Gasteiger charge is 2.10. The summed E-state index contributed by atoms with van der Waals surface area (Å²) in [7, 11) is 0. The summed E-state index contributed by atoms with van der Waals surface area (Å²) in [6, 6.07) is 19.2. The lowest BCUT2D eigenvalue weighted by molar-refractivity contribution is 0.100. The lowest BCUT2D eigenvalue weighted by atomic mass is 10.1. The molecule has 2 aromatic carbocycles. The molecule has 2 N–H and O–H groups in total. The molecule has 27 heavy (non-hydrogen) atoms. The first kappa shape index (κ1) is 17.8. The van der Waals surface area contributed by atoms with E-state index in [0.717, 1.165) is 0 Å². The maximum atomic E-state index is 12.5. The van der Waals surface area contributed by atoms with E-state index in [-0.39, 0.29) is 11.5 Å². The van der Waals surface area contributed by atoms with Crippen LogP contribution >= 0.6 is 0 Å². The van der Waals surface area contributed by atoms with E-state index in [1.165, 1.54) is 13.1 Å². The molecular weight excluding hydrogens is 340 g/mol. The Hall–Kier alpha value is -3.98. The molecular formula is C21H16N4O2. The van der Waals surface area contributed by atoms with Crippen LogP contribution in [0.15, 0.2) is 66.9 Å². The average molecular weight is 356 g/mol. The highest BCUT2D eigenvalue weighted by atomic mass is 16.2. The van der Waals surface area contributed by atoms with Crippen LogP contribution in [0, 0.1) is 11.3 Å². The lowest BCUT2D eigenvalue weighted by Gasteiger charge is -2.10. The molecule has 0 fully saturated rings. The largest absolute Gasteiger partial charge is 0.354 e. The number of hydrogen-bond donors (Lipinski definition) is 2. The van der Waals surface area contributed by atoms with Crippen molar-refractivity contribution < 1.29 is 9.59 Å². The number of amides is 1. The van der Waals surface area contributed by atoms with E-state index in [9.17, 15) is 14.9 Å². The minimum atomic E-state index is -0.395. The summed E-state index contributed by atoms with van der Waals surface area (Å²) in [5.41, 5.74) is 3.03. The molecule has 0 unspecified atom stereocenters. The minimum Gasteiger partial charge on any atom is -0.354 e. The highest BCUT2D eigenvalue weighted by Crippen LogP contribution is 2.21. The van der Waals surface area contributed by atoms with Crippen molar-refractivity contribution in [3.8, 4) is 6.07 Å². The Morgan fingerprint density at radius 2 is 1.81 bits per heavy atom. The number of benzene rings is 2. The molecule has 132 valence electrons. The Morgan fingerprint density at radius 1 is 1.00 bits per heavy atom. The number of nitrogens with zero attached hydrogens (tertiary/aromatic N) is 2. The van der Waals surface area contributed by atoms with Crippen LogP contribution in [-0.4, -0.2) is 16.7 Å². The Labute approximate surface area is 156 Å². The molecule has 0 aliphatic heterocycles. The summed E-state index contributed by atoms with van der Waals surface area (Å²) in [5, 5.41) is 15.0. The van der Waals surface area contributed by atoms with Crippen LogP contribution in [0.3, 0.4) is 0 Å². The van der Waals surface area contributed by atoms with E-state index in [1.54, 1.807) is 54.6 Å². The number of nitriles is 1. The third kappa shape index (κ3) is 4.35. The number of pyridine rings is 1. The number of Topliss-reactive ketones (excluding diaryl/α,β-unsaturated/α-hetero) is 1. The summed E-state index contributed by atoms with van der Waals surface area (Å²) < 4.78 is 0. The van der Waals surface area contributed by atoms with Crippen LogP contribution in [-0.2, 0) is 0 Å². The standard InChI is InChI=1S/C21H16N4O2/c1-14(26)15-6-4-7-17(11-15)25-21(27)20-12-18(9-10-23-20)24-19-8-3-2-5-16(19)13-22/h2-12H,1H3,(H,23,24)(H,25,27). The summed E-state index contributed by atoms with van der Waals surface area (Å²) in [6.45, 7) is 1.47. The van der Waals surface area contributed by atoms with E-state index in [0.29, 0.717) is 28.2 Å². The number of carbonyl (C=O) groups excluding carboxylic acids is 2. The van der Waals surface area contributed by atoms with Crippen molar-refractivity contribution >= 4 is 28.8 Å². The number of rotatable bonds is 5. The smallest absolute Gasteiger partial charge is 0.274 e. The molecule has 0 spiro atoms. The second kappa shape index (κ2) is 7.93. The molecule has 0 aliphatic carbocycles. The quantitative estimate of drug-likeness (QED) is 0.670. The SMILES string of the molecule is CC(=O)c1cccc(NC(=O)c2cc(Nc3ccccc3C#N)ccn2)c1. The van der Waals surface area contributed by atoms with E-state index in [2.05, 4.69) is 21.7 Å². The summed E-state index contributed by atoms with van der Waals surface area (Å²) >= 11 is 0. The third-order valence-electron chi connectivity index (χ3n) is 3.85. The second-order valence-electron chi connectivity index (χ2n) is 5.80. The number of para-hydroxylation sites is 1. The fraction of sp³-hybridized carbons (Fsp3) is 0.0476. The zero-order chi connectivity index (χ0) is 19.2. The van der Waals surface area contributed by atoms with Crippen LogP contribution < -0.4 is 10.6 Å². The Bertz CT molecular complexity index is 1050. The maximum Gasteiger partial charge on any atom is 0.274 e. The molecule has 3 rings (SSSR count). The van der Waals surface area contributed by atoms with Gasteiger partial charge in [-0.1, -0.05) is 24.3 Å². The topological polar surface area (TPSA) is 94.9 Å². The van der Waals surface area contributed by atoms with Crippen LogP contribution in [0.2, 0.25) is 0 Å². The lowest BCUT2D eigenvalue weighted by Crippen LogP contribution is -2.14. The molecule has 0 saturated heterocycles. The summed E-state index contributed by atoms with van der Waals surface area (Å²) in [4.78, 5) is 28.0. The van der Waals surface area contributed by atoms with Crippen molar-refractivity contribution in [1.29, 1.82) is 5.26 Å². The predicted octanol–water partition coefficient (Wildman–Crippen LogP) is 4.15. The molecule has 3 aromatic rings. The molecule has 1 aromatic heterocycles. The molecule has 0 atom stereocenters. The normalized spacial score (nSPS) is 9.93. The van der Waals surface area contributed by atoms with Crippen LogP contribution in [0.1, 0.15) is 33.3 Å². The summed E-state index contributed by atoms with van der Waals surface area (Å²) in [5.74, 6) is -0.473. The van der Waals surface area contributed by atoms with Crippen molar-refractivity contribution in [2.24, 2.45) is 0 Å². The van der Waals surface area contributed by atoms with Crippen molar-refractivity contribution in [1.82, 2.24) is 4.98 Å². The number of aromatic nitrogens is 1. The highest BCUT2D eigenvalue weighted by molar-refractivity contribution is 6.04. The van der Waals surface area contributed by atoms with Crippen molar-refractivity contribution in [3.05, 3.63) is 83.7 Å². The molecule has 1 heterocycles. The van der Waals surface area contributed by atoms with Crippen molar-refractivity contribution in [2.45, 2.75) is 6.92 Å². The fourth-order valence-electron chi connectivity index (χ4n) is 2.49. The number of nitrogens with one attached hydrogen (secondary N) is 2. The molecule has 0 aliphatic rings. The first-order valence-corrected chi connectivity index (χ1v) is 8.21. The van der Waals surface area contributed by atoms with Gasteiger partial charge in [0.2, 0.25) is 0 Å². The number of ketones is 1. The van der Waals surface area contributed by atoms with E-state index < -0.39 is 5.91 Å². The second-order valence-corrected chi connectivity index (χ2v) is 5.80. The van der Waals surface area contributed by atoms with Gasteiger partial charge in [0.05, 0.1) is 11.3 Å². The zero-order valence-corrected chi connectivity index (χ0v) is 14.6. The van der Waals surface area contributed by atoms with Gasteiger partial charge in [-0.2, -0.15) is 5.26 Å². The molecule has 0 saturated carbocycles. The van der Waals surface area contributed by atoms with E-state index >= 15 is 0 Å². The van der Waals surface area contributed by atoms with Crippen LogP contribution in [0.25, 0.3) is 0 Å². The maximum absolute atomic E-state index is 12.5. The number of hydrogen-bond acceptors (Lipinski definition) is 5. The van der Waals surface area contributed by atoms with Crippen molar-refractivity contribution in [3.63, 3.8) is 0 Å². The Balaban J connectivity index is 1.79. The monoisotopic (exact) mass is 356 g/mol. The van der Waals surface area contributed by atoms with Gasteiger partial charge in [-0.3, -0.25) is 14.6 Å². The average Bonchev–Trinajstić information content (AvgIpc) is 2.69. The van der Waals surface area contributed by atoms with Gasteiger partial charge in [0.15, 0.2) is 5.78 Å². The zero-order valence-electron chi connectivity index (χ0n) is 14.6. The van der Waals surface area contributed by atoms with E-state index in [4.69, 9.17) is 0 Å². The summed E-state index contributed by atoms with van der Waals surface area (Å²) in [6.07, 6.45) is 1.51. The Kier molecular flexibility index (Phi) is 5.24. The first-order chi connectivity index (χ1) is 13.1. The Morgan fingerprint density at radius 3 is 2.59 bits per heavy atom. The molecule has 0 bridgehead atoms. The third-order valence-corrected chi connectivity index (χ3v) is 3.85. The van der Waals surface area contributed by atoms with Gasteiger partial charge < -0.3 is 10.6 Å². The van der Waals surface area contributed by atoms with Crippen molar-refractivity contribution in [2.75, 3.05) is 10.6 Å². The predicted molar refractivity (Wildman–Crippen MR) is 103 cm³/mol. The molecule has 6 heteroatoms. The minimum absolute atomic E-state index is 0.0772. The first-order valence-electron chi connectivity index (χ1n) is 8.21.